The summed E-state index contributed by atoms with van der Waals surface area (Å²) in [4.78, 5) is 35.7. The van der Waals surface area contributed by atoms with E-state index in [-0.39, 0.29) is 5.78 Å². The highest BCUT2D eigenvalue weighted by Gasteiger charge is 2.11. The number of aromatic amines is 1. The summed E-state index contributed by atoms with van der Waals surface area (Å²) in [7, 11) is 0. The number of hydrogen-bond donors (Lipinski definition) is 2. The number of fused-ring (bicyclic) bond motifs is 1. The predicted octanol–water partition coefficient (Wildman–Crippen LogP) is 3.66. The van der Waals surface area contributed by atoms with Crippen molar-refractivity contribution in [3.05, 3.63) is 89.3 Å². The summed E-state index contributed by atoms with van der Waals surface area (Å²) in [6.45, 7) is 1.99. The Kier molecular flexibility index (Phi) is 4.75. The average molecular weight is 382 g/mol. The monoisotopic (exact) mass is 382 g/mol. The third-order valence-electron chi connectivity index (χ3n) is 4.59. The molecule has 0 radical (unpaired) electrons. The zero-order chi connectivity index (χ0) is 20.4. The van der Waals surface area contributed by atoms with Crippen LogP contribution in [0.2, 0.25) is 0 Å². The average Bonchev–Trinajstić information content (AvgIpc) is 3.14. The molecule has 4 rings (SSSR count). The molecule has 2 heterocycles. The Balaban J connectivity index is 1.64. The smallest absolute Gasteiger partial charge is 0.241 e. The number of nitrogens with two attached hydrogens (primary N) is 1. The fourth-order valence-electron chi connectivity index (χ4n) is 3.01. The topological polar surface area (TPSA) is 102 Å². The first-order valence-electron chi connectivity index (χ1n) is 9.05. The van der Waals surface area contributed by atoms with Crippen LogP contribution in [0.3, 0.4) is 0 Å². The number of carbonyl (C=O) groups excluding carboxylic acids is 2. The van der Waals surface area contributed by atoms with E-state index in [2.05, 4.69) is 15.0 Å². The van der Waals surface area contributed by atoms with Crippen LogP contribution in [-0.4, -0.2) is 26.6 Å². The summed E-state index contributed by atoms with van der Waals surface area (Å²) in [5.41, 5.74) is 11.0. The standard InChI is InChI=1S/C23H18N4O2/c1-14-2-4-16(5-3-14)22(29)17-8-6-15(7-9-17)19-13-26-23-21(27-19)18(12-25-23)10-11-20(24)28/h2-13H,1H3,(H2,24,28)(H,25,26)/b11-10+. The second kappa shape index (κ2) is 7.52. The Morgan fingerprint density at radius 2 is 1.66 bits per heavy atom. The Hall–Kier alpha value is -4.06. The van der Waals surface area contributed by atoms with E-state index in [1.54, 1.807) is 30.6 Å². The molecule has 29 heavy (non-hydrogen) atoms. The maximum absolute atomic E-state index is 12.6. The number of rotatable bonds is 5. The van der Waals surface area contributed by atoms with Gasteiger partial charge in [0.15, 0.2) is 11.4 Å². The maximum atomic E-state index is 12.6. The lowest BCUT2D eigenvalue weighted by atomic mass is 10.0. The van der Waals surface area contributed by atoms with E-state index in [0.717, 1.165) is 16.7 Å². The number of benzene rings is 2. The van der Waals surface area contributed by atoms with Gasteiger partial charge in [-0.2, -0.15) is 0 Å². The molecule has 6 heteroatoms. The molecule has 2 aromatic carbocycles. The van der Waals surface area contributed by atoms with Crippen LogP contribution in [0.15, 0.2) is 67.0 Å². The predicted molar refractivity (Wildman–Crippen MR) is 112 cm³/mol. The lowest BCUT2D eigenvalue weighted by molar-refractivity contribution is -0.113. The second-order valence-electron chi connectivity index (χ2n) is 6.70. The summed E-state index contributed by atoms with van der Waals surface area (Å²) in [6, 6.07) is 14.8. The molecule has 0 aliphatic heterocycles. The van der Waals surface area contributed by atoms with E-state index in [0.29, 0.717) is 28.0 Å². The van der Waals surface area contributed by atoms with Gasteiger partial charge in [0.05, 0.1) is 11.9 Å². The fourth-order valence-corrected chi connectivity index (χ4v) is 3.01. The molecule has 0 aliphatic carbocycles. The van der Waals surface area contributed by atoms with Crippen molar-refractivity contribution >= 4 is 28.9 Å². The normalized spacial score (nSPS) is 11.2. The number of nitrogens with one attached hydrogen (secondary N) is 1. The van der Waals surface area contributed by atoms with Crippen LogP contribution in [0, 0.1) is 6.92 Å². The largest absolute Gasteiger partial charge is 0.366 e. The van der Waals surface area contributed by atoms with Gasteiger partial charge in [-0.3, -0.25) is 9.59 Å². The van der Waals surface area contributed by atoms with Gasteiger partial charge in [-0.25, -0.2) is 9.97 Å². The summed E-state index contributed by atoms with van der Waals surface area (Å²) < 4.78 is 0. The van der Waals surface area contributed by atoms with E-state index in [4.69, 9.17) is 5.73 Å². The zero-order valence-corrected chi connectivity index (χ0v) is 15.7. The SMILES string of the molecule is Cc1ccc(C(=O)c2ccc(-c3cnc4[nH]cc(/C=C/C(N)=O)c4n3)cc2)cc1. The van der Waals surface area contributed by atoms with Crippen LogP contribution in [-0.2, 0) is 4.79 Å². The first kappa shape index (κ1) is 18.3. The third kappa shape index (κ3) is 3.82. The van der Waals surface area contributed by atoms with Crippen LogP contribution in [0.25, 0.3) is 28.5 Å². The molecule has 0 spiro atoms. The van der Waals surface area contributed by atoms with Crippen LogP contribution in [0.4, 0.5) is 0 Å². The summed E-state index contributed by atoms with van der Waals surface area (Å²) in [5.74, 6) is -0.556. The summed E-state index contributed by atoms with van der Waals surface area (Å²) in [6.07, 6.45) is 6.26. The zero-order valence-electron chi connectivity index (χ0n) is 15.7. The van der Waals surface area contributed by atoms with Crippen molar-refractivity contribution < 1.29 is 9.59 Å². The summed E-state index contributed by atoms with van der Waals surface area (Å²) >= 11 is 0. The van der Waals surface area contributed by atoms with Gasteiger partial charge in [-0.05, 0) is 13.0 Å². The van der Waals surface area contributed by atoms with Crippen molar-refractivity contribution in [3.63, 3.8) is 0 Å². The van der Waals surface area contributed by atoms with Crippen LogP contribution >= 0.6 is 0 Å². The summed E-state index contributed by atoms with van der Waals surface area (Å²) in [5, 5.41) is 0. The van der Waals surface area contributed by atoms with Crippen molar-refractivity contribution in [1.82, 2.24) is 15.0 Å². The molecular formula is C23H18N4O2. The van der Waals surface area contributed by atoms with Gasteiger partial charge in [-0.1, -0.05) is 54.1 Å². The third-order valence-corrected chi connectivity index (χ3v) is 4.59. The van der Waals surface area contributed by atoms with Crippen molar-refractivity contribution in [3.8, 4) is 11.3 Å². The number of carbonyl (C=O) groups is 2. The Bertz CT molecular complexity index is 1240. The van der Waals surface area contributed by atoms with Crippen molar-refractivity contribution in [2.45, 2.75) is 6.92 Å². The molecule has 6 nitrogen and oxygen atoms in total. The van der Waals surface area contributed by atoms with Gasteiger partial charge < -0.3 is 10.7 Å². The van der Waals surface area contributed by atoms with E-state index in [9.17, 15) is 9.59 Å². The molecule has 142 valence electrons. The van der Waals surface area contributed by atoms with E-state index in [1.165, 1.54) is 6.08 Å². The highest BCUT2D eigenvalue weighted by Crippen LogP contribution is 2.23. The quantitative estimate of drug-likeness (QED) is 0.406. The Labute approximate surface area is 167 Å². The van der Waals surface area contributed by atoms with E-state index >= 15 is 0 Å². The van der Waals surface area contributed by atoms with E-state index in [1.807, 2.05) is 43.3 Å². The lowest BCUT2D eigenvalue weighted by Crippen LogP contribution is -2.05. The minimum absolute atomic E-state index is 0.0254. The van der Waals surface area contributed by atoms with Gasteiger partial charge in [0.1, 0.15) is 5.52 Å². The number of aryl methyl sites for hydroxylation is 1. The lowest BCUT2D eigenvalue weighted by Gasteiger charge is -2.05. The highest BCUT2D eigenvalue weighted by atomic mass is 16.1. The Morgan fingerprint density at radius 3 is 2.31 bits per heavy atom. The van der Waals surface area contributed by atoms with Crippen LogP contribution in [0.5, 0.6) is 0 Å². The molecule has 0 atom stereocenters. The number of aromatic nitrogens is 3. The minimum Gasteiger partial charge on any atom is -0.366 e. The number of hydrogen-bond acceptors (Lipinski definition) is 4. The van der Waals surface area contributed by atoms with Gasteiger partial charge >= 0.3 is 0 Å². The van der Waals surface area contributed by atoms with Gasteiger partial charge in [-0.15, -0.1) is 0 Å². The molecule has 0 aliphatic rings. The number of amides is 1. The number of ketones is 1. The van der Waals surface area contributed by atoms with Crippen molar-refractivity contribution in [2.24, 2.45) is 5.73 Å². The highest BCUT2D eigenvalue weighted by molar-refractivity contribution is 6.09. The molecule has 3 N–H and O–H groups in total. The first-order valence-corrected chi connectivity index (χ1v) is 9.05. The molecule has 4 aromatic rings. The maximum Gasteiger partial charge on any atom is 0.241 e. The number of nitrogens with zero attached hydrogens (tertiary/aromatic N) is 2. The molecule has 2 aromatic heterocycles. The van der Waals surface area contributed by atoms with Gasteiger partial charge in [0, 0.05) is 34.5 Å². The van der Waals surface area contributed by atoms with Crippen LogP contribution < -0.4 is 5.73 Å². The first-order chi connectivity index (χ1) is 14.0. The van der Waals surface area contributed by atoms with Gasteiger partial charge in [0.25, 0.3) is 0 Å². The van der Waals surface area contributed by atoms with Crippen LogP contribution in [0.1, 0.15) is 27.0 Å². The molecule has 0 saturated heterocycles. The number of primary amides is 1. The molecular weight excluding hydrogens is 364 g/mol. The number of H-pyrrole nitrogens is 1. The fraction of sp³-hybridized carbons (Fsp3) is 0.0435. The van der Waals surface area contributed by atoms with Gasteiger partial charge in [0.2, 0.25) is 5.91 Å². The Morgan fingerprint density at radius 1 is 1.00 bits per heavy atom. The van der Waals surface area contributed by atoms with E-state index < -0.39 is 5.91 Å². The molecule has 0 fully saturated rings. The molecule has 0 bridgehead atoms. The van der Waals surface area contributed by atoms with Crippen molar-refractivity contribution in [2.75, 3.05) is 0 Å². The molecule has 0 unspecified atom stereocenters. The van der Waals surface area contributed by atoms with Crippen molar-refractivity contribution in [1.29, 1.82) is 0 Å². The molecule has 0 saturated carbocycles. The minimum atomic E-state index is -0.530. The second-order valence-corrected chi connectivity index (χ2v) is 6.70. The molecule has 1 amide bonds.